The Labute approximate surface area is 94.5 Å². The molecule has 1 aliphatic heterocycles. The van der Waals surface area contributed by atoms with Gasteiger partial charge in [0.2, 0.25) is 0 Å². The molecule has 1 aromatic carbocycles. The van der Waals surface area contributed by atoms with Crippen molar-refractivity contribution in [1.82, 2.24) is 0 Å². The fourth-order valence-electron chi connectivity index (χ4n) is 1.53. The van der Waals surface area contributed by atoms with E-state index in [-0.39, 0.29) is 0 Å². The second-order valence-corrected chi connectivity index (χ2v) is 3.82. The molecule has 15 heavy (non-hydrogen) atoms. The van der Waals surface area contributed by atoms with Gasteiger partial charge in [0.15, 0.2) is 11.5 Å². The van der Waals surface area contributed by atoms with Crippen molar-refractivity contribution >= 4 is 17.3 Å². The summed E-state index contributed by atoms with van der Waals surface area (Å²) in [4.78, 5) is 2.09. The molecular weight excluding hydrogens is 214 g/mol. The summed E-state index contributed by atoms with van der Waals surface area (Å²) in [7, 11) is 2.01. The number of hydrogen-bond donors (Lipinski definition) is 0. The Morgan fingerprint density at radius 3 is 2.73 bits per heavy atom. The second-order valence-electron chi connectivity index (χ2n) is 3.44. The predicted octanol–water partition coefficient (Wildman–Crippen LogP) is 2.13. The summed E-state index contributed by atoms with van der Waals surface area (Å²) in [6.07, 6.45) is 0. The number of benzene rings is 1. The first-order valence-corrected chi connectivity index (χ1v) is 5.51. The van der Waals surface area contributed by atoms with Crippen molar-refractivity contribution in [3.8, 4) is 11.5 Å². The van der Waals surface area contributed by atoms with E-state index >= 15 is 0 Å². The molecule has 0 saturated heterocycles. The molecule has 0 aromatic heterocycles. The molecule has 0 aliphatic carbocycles. The van der Waals surface area contributed by atoms with Crippen molar-refractivity contribution in [3.05, 3.63) is 18.2 Å². The maximum Gasteiger partial charge on any atom is 0.163 e. The van der Waals surface area contributed by atoms with Crippen LogP contribution in [0.25, 0.3) is 0 Å². The lowest BCUT2D eigenvalue weighted by Crippen LogP contribution is -2.20. The van der Waals surface area contributed by atoms with Gasteiger partial charge < -0.3 is 14.4 Å². The van der Waals surface area contributed by atoms with Crippen LogP contribution in [0.1, 0.15) is 0 Å². The van der Waals surface area contributed by atoms with Crippen LogP contribution in [0.4, 0.5) is 5.69 Å². The van der Waals surface area contributed by atoms with Crippen LogP contribution in [0.3, 0.4) is 0 Å². The predicted molar refractivity (Wildman–Crippen MR) is 61.4 cm³/mol. The smallest absolute Gasteiger partial charge is 0.163 e. The quantitative estimate of drug-likeness (QED) is 0.739. The molecule has 1 aromatic rings. The maximum absolute atomic E-state index is 5.69. The van der Waals surface area contributed by atoms with Crippen molar-refractivity contribution in [2.75, 3.05) is 37.6 Å². The SMILES string of the molecule is CN(CCCl)c1ccc2c(c1)OCCO2. The molecule has 0 unspecified atom stereocenters. The Balaban J connectivity index is 2.20. The lowest BCUT2D eigenvalue weighted by molar-refractivity contribution is 0.171. The lowest BCUT2D eigenvalue weighted by atomic mass is 10.2. The Kier molecular flexibility index (Phi) is 3.21. The molecule has 0 N–H and O–H groups in total. The molecule has 0 fully saturated rings. The van der Waals surface area contributed by atoms with E-state index in [2.05, 4.69) is 4.90 Å². The van der Waals surface area contributed by atoms with E-state index < -0.39 is 0 Å². The van der Waals surface area contributed by atoms with Gasteiger partial charge in [-0.3, -0.25) is 0 Å². The summed E-state index contributed by atoms with van der Waals surface area (Å²) in [6, 6.07) is 5.94. The zero-order chi connectivity index (χ0) is 10.7. The third-order valence-electron chi connectivity index (χ3n) is 2.39. The summed E-state index contributed by atoms with van der Waals surface area (Å²) in [5, 5.41) is 0. The topological polar surface area (TPSA) is 21.7 Å². The molecule has 0 saturated carbocycles. The zero-order valence-electron chi connectivity index (χ0n) is 8.70. The third-order valence-corrected chi connectivity index (χ3v) is 2.56. The summed E-state index contributed by atoms with van der Waals surface area (Å²) in [6.45, 7) is 2.07. The minimum absolute atomic E-state index is 0.616. The van der Waals surface area contributed by atoms with Gasteiger partial charge in [0.05, 0.1) is 0 Å². The standard InChI is InChI=1S/C11H14ClNO2/c1-13(5-4-12)9-2-3-10-11(8-9)15-7-6-14-10/h2-3,8H,4-7H2,1H3. The highest BCUT2D eigenvalue weighted by atomic mass is 35.5. The minimum atomic E-state index is 0.616. The van der Waals surface area contributed by atoms with Crippen molar-refractivity contribution in [2.45, 2.75) is 0 Å². The Morgan fingerprint density at radius 2 is 2.00 bits per heavy atom. The fourth-order valence-corrected chi connectivity index (χ4v) is 1.78. The molecule has 3 nitrogen and oxygen atoms in total. The van der Waals surface area contributed by atoms with Gasteiger partial charge in [-0.1, -0.05) is 0 Å². The van der Waals surface area contributed by atoms with E-state index in [1.165, 1.54) is 0 Å². The second kappa shape index (κ2) is 4.62. The summed E-state index contributed by atoms with van der Waals surface area (Å²) >= 11 is 5.69. The fraction of sp³-hybridized carbons (Fsp3) is 0.455. The van der Waals surface area contributed by atoms with Gasteiger partial charge in [-0.05, 0) is 12.1 Å². The minimum Gasteiger partial charge on any atom is -0.486 e. The molecule has 0 amide bonds. The van der Waals surface area contributed by atoms with E-state index in [9.17, 15) is 0 Å². The molecule has 0 atom stereocenters. The number of anilines is 1. The average Bonchev–Trinajstić information content (AvgIpc) is 2.29. The molecule has 0 spiro atoms. The van der Waals surface area contributed by atoms with Gasteiger partial charge in [-0.25, -0.2) is 0 Å². The van der Waals surface area contributed by atoms with E-state index in [0.717, 1.165) is 23.7 Å². The van der Waals surface area contributed by atoms with E-state index in [1.54, 1.807) is 0 Å². The molecular formula is C11H14ClNO2. The molecule has 82 valence electrons. The highest BCUT2D eigenvalue weighted by Crippen LogP contribution is 2.33. The van der Waals surface area contributed by atoms with E-state index in [0.29, 0.717) is 19.1 Å². The number of hydrogen-bond acceptors (Lipinski definition) is 3. The van der Waals surface area contributed by atoms with Crippen LogP contribution in [0, 0.1) is 0 Å². The largest absolute Gasteiger partial charge is 0.486 e. The average molecular weight is 228 g/mol. The van der Waals surface area contributed by atoms with Gasteiger partial charge in [-0.2, -0.15) is 0 Å². The van der Waals surface area contributed by atoms with E-state index in [1.807, 2.05) is 25.2 Å². The molecule has 0 radical (unpaired) electrons. The van der Waals surface area contributed by atoms with Crippen molar-refractivity contribution in [2.24, 2.45) is 0 Å². The summed E-state index contributed by atoms with van der Waals surface area (Å²) < 4.78 is 11.0. The van der Waals surface area contributed by atoms with Crippen LogP contribution in [-0.2, 0) is 0 Å². The van der Waals surface area contributed by atoms with Crippen LogP contribution in [-0.4, -0.2) is 32.7 Å². The van der Waals surface area contributed by atoms with Crippen LogP contribution in [0.2, 0.25) is 0 Å². The number of nitrogens with zero attached hydrogens (tertiary/aromatic N) is 1. The molecule has 1 heterocycles. The number of halogens is 1. The summed E-state index contributed by atoms with van der Waals surface area (Å²) in [5.41, 5.74) is 1.10. The zero-order valence-corrected chi connectivity index (χ0v) is 9.46. The first kappa shape index (κ1) is 10.4. The number of ether oxygens (including phenoxy) is 2. The van der Waals surface area contributed by atoms with Crippen molar-refractivity contribution in [3.63, 3.8) is 0 Å². The van der Waals surface area contributed by atoms with Gasteiger partial charge in [0.25, 0.3) is 0 Å². The molecule has 4 heteroatoms. The Bertz CT molecular complexity index is 343. The maximum atomic E-state index is 5.69. The highest BCUT2D eigenvalue weighted by molar-refractivity contribution is 6.18. The third kappa shape index (κ3) is 2.29. The molecule has 1 aliphatic rings. The molecule has 2 rings (SSSR count). The van der Waals surface area contributed by atoms with Gasteiger partial charge in [0.1, 0.15) is 13.2 Å². The van der Waals surface area contributed by atoms with Gasteiger partial charge in [-0.15, -0.1) is 11.6 Å². The normalized spacial score (nSPS) is 13.7. The monoisotopic (exact) mass is 227 g/mol. The van der Waals surface area contributed by atoms with E-state index in [4.69, 9.17) is 21.1 Å². The molecule has 0 bridgehead atoms. The number of fused-ring (bicyclic) bond motifs is 1. The first-order chi connectivity index (χ1) is 7.31. The van der Waals surface area contributed by atoms with Crippen molar-refractivity contribution in [1.29, 1.82) is 0 Å². The number of alkyl halides is 1. The summed E-state index contributed by atoms with van der Waals surface area (Å²) in [5.74, 6) is 2.26. The van der Waals surface area contributed by atoms with Gasteiger partial charge in [0, 0.05) is 31.2 Å². The first-order valence-electron chi connectivity index (χ1n) is 4.98. The number of rotatable bonds is 3. The van der Waals surface area contributed by atoms with Gasteiger partial charge >= 0.3 is 0 Å². The Morgan fingerprint density at radius 1 is 1.27 bits per heavy atom. The Hall–Kier alpha value is -1.09. The lowest BCUT2D eigenvalue weighted by Gasteiger charge is -2.22. The van der Waals surface area contributed by atoms with Crippen LogP contribution in [0.15, 0.2) is 18.2 Å². The van der Waals surface area contributed by atoms with Crippen LogP contribution < -0.4 is 14.4 Å². The van der Waals surface area contributed by atoms with Crippen LogP contribution in [0.5, 0.6) is 11.5 Å². The van der Waals surface area contributed by atoms with Crippen molar-refractivity contribution < 1.29 is 9.47 Å². The van der Waals surface area contributed by atoms with Crippen LogP contribution >= 0.6 is 11.6 Å². The highest BCUT2D eigenvalue weighted by Gasteiger charge is 2.12.